The number of likely N-dealkylation sites (N-methyl/N-ethyl adjacent to an activating group) is 1. The van der Waals surface area contributed by atoms with E-state index in [0.29, 0.717) is 23.9 Å². The highest BCUT2D eigenvalue weighted by atomic mass is 31.2. The second kappa shape index (κ2) is 66.8. The highest BCUT2D eigenvalue weighted by Crippen LogP contribution is 2.43. The number of nitrogens with one attached hydrogen (secondary N) is 1. The zero-order valence-corrected chi connectivity index (χ0v) is 57.9. The van der Waals surface area contributed by atoms with Crippen molar-refractivity contribution in [3.63, 3.8) is 0 Å². The smallest absolute Gasteiger partial charge is 0.391 e. The zero-order valence-electron chi connectivity index (χ0n) is 57.0. The molecule has 8 nitrogen and oxygen atoms in total. The number of unbranched alkanes of at least 4 members (excludes halogenated alkanes) is 27. The molecule has 87 heavy (non-hydrogen) atoms. The Morgan fingerprint density at radius 2 is 0.690 bits per heavy atom. The van der Waals surface area contributed by atoms with Gasteiger partial charge in [-0.2, -0.15) is 0 Å². The lowest BCUT2D eigenvalue weighted by atomic mass is 10.0. The average Bonchev–Trinajstić information content (AvgIpc) is 3.71. The van der Waals surface area contributed by atoms with Gasteiger partial charge in [0.2, 0.25) is 5.91 Å². The Morgan fingerprint density at radius 1 is 0.402 bits per heavy atom. The largest absolute Gasteiger partial charge is 0.472 e. The topological polar surface area (TPSA) is 105 Å². The van der Waals surface area contributed by atoms with Gasteiger partial charge in [-0.3, -0.25) is 13.8 Å². The summed E-state index contributed by atoms with van der Waals surface area (Å²) in [6.45, 7) is 4.77. The van der Waals surface area contributed by atoms with Gasteiger partial charge in [-0.05, 0) is 103 Å². The molecule has 0 rings (SSSR count). The molecule has 0 spiro atoms. The van der Waals surface area contributed by atoms with Crippen LogP contribution in [-0.2, 0) is 18.4 Å². The SMILES string of the molecule is CC/C=C\C/C=C\C/C=C\C/C=C\C/C=C\C/C=C\C/C=C\C/C=C\C/C=C\C/C=C\C/C=C\C/C=C\CCCCCCC(=O)NC(COP(=O)(O)OCC[N+](C)(C)C)C(O)CCCCCCCCCCCCCCCCCCCCCCCCCC. The fraction of sp³-hybridized carbons (Fsp3) is 0.679. The summed E-state index contributed by atoms with van der Waals surface area (Å²) in [5.74, 6) is -0.171. The molecule has 9 heteroatoms. The second-order valence-corrected chi connectivity index (χ2v) is 26.3. The number of phosphoric ester groups is 1. The van der Waals surface area contributed by atoms with E-state index in [2.05, 4.69) is 165 Å². The van der Waals surface area contributed by atoms with Gasteiger partial charge < -0.3 is 19.8 Å². The summed E-state index contributed by atoms with van der Waals surface area (Å²) in [5, 5.41) is 14.1. The molecule has 0 aliphatic rings. The summed E-state index contributed by atoms with van der Waals surface area (Å²) in [6, 6.07) is -0.787. The van der Waals surface area contributed by atoms with E-state index >= 15 is 0 Å². The van der Waals surface area contributed by atoms with E-state index in [-0.39, 0.29) is 19.1 Å². The van der Waals surface area contributed by atoms with E-state index in [4.69, 9.17) is 9.05 Å². The molecule has 1 amide bonds. The van der Waals surface area contributed by atoms with Gasteiger partial charge >= 0.3 is 7.82 Å². The zero-order chi connectivity index (χ0) is 63.4. The number of aliphatic hydroxyl groups excluding tert-OH is 1. The standard InChI is InChI=1S/C78H135N2O6P/c1-6-8-10-12-14-16-18-20-22-24-26-28-30-32-33-34-35-36-37-38-39-40-41-42-43-44-45-46-47-48-50-52-54-56-58-60-62-64-66-68-70-72-78(82)79-76(75-86-87(83,84)85-74-73-80(3,4)5)77(81)71-69-67-65-63-61-59-57-55-53-51-49-31-29-27-25-23-21-19-17-15-13-11-9-7-2/h8,10,14,16,20,22,26,28,32-33,35-36,38-39,41-42,44-45,47-48,52,54,58,60,76-77,81H,6-7,9,11-13,15,17-19,21,23-25,27,29-31,34,37,40,43,46,49-51,53,55-57,59,61-75H2,1-5H3,(H-,79,82,83,84)/p+1/b10-8-,16-14-,22-20-,28-26-,33-32-,36-35-,39-38-,42-41-,45-44-,48-47-,54-52-,60-58-. The Kier molecular flexibility index (Phi) is 64.0. The van der Waals surface area contributed by atoms with Crippen LogP contribution in [0.5, 0.6) is 0 Å². The monoisotopic (exact) mass is 1230 g/mol. The predicted octanol–water partition coefficient (Wildman–Crippen LogP) is 23.2. The van der Waals surface area contributed by atoms with Gasteiger partial charge in [-0.1, -0.05) is 327 Å². The Balaban J connectivity index is 4.17. The number of rotatable bonds is 64. The first kappa shape index (κ1) is 83.4. The number of carbonyl (C=O) groups excluding carboxylic acids is 1. The van der Waals surface area contributed by atoms with Gasteiger partial charge in [0.15, 0.2) is 0 Å². The Bertz CT molecular complexity index is 1930. The van der Waals surface area contributed by atoms with Gasteiger partial charge in [-0.25, -0.2) is 4.57 Å². The van der Waals surface area contributed by atoms with Gasteiger partial charge in [-0.15, -0.1) is 0 Å². The third-order valence-corrected chi connectivity index (χ3v) is 16.3. The summed E-state index contributed by atoms with van der Waals surface area (Å²) in [5.41, 5.74) is 0. The molecular formula is C78H136N2O6P+. The third-order valence-electron chi connectivity index (χ3n) is 15.4. The number of hydrogen-bond acceptors (Lipinski definition) is 5. The first-order chi connectivity index (χ1) is 42.5. The van der Waals surface area contributed by atoms with Crippen LogP contribution in [0.15, 0.2) is 146 Å². The maximum atomic E-state index is 13.1. The highest BCUT2D eigenvalue weighted by molar-refractivity contribution is 7.47. The Morgan fingerprint density at radius 3 is 1.01 bits per heavy atom. The molecule has 0 aromatic rings. The summed E-state index contributed by atoms with van der Waals surface area (Å²) in [6.07, 6.45) is 102. The van der Waals surface area contributed by atoms with Crippen LogP contribution in [0.3, 0.4) is 0 Å². The number of allylic oxidation sites excluding steroid dienone is 24. The van der Waals surface area contributed by atoms with Crippen LogP contribution < -0.4 is 5.32 Å². The molecule has 0 aliphatic carbocycles. The first-order valence-corrected chi connectivity index (χ1v) is 37.2. The lowest BCUT2D eigenvalue weighted by Crippen LogP contribution is -2.46. The molecule has 0 aliphatic heterocycles. The summed E-state index contributed by atoms with van der Waals surface area (Å²) in [4.78, 5) is 23.5. The van der Waals surface area contributed by atoms with Gasteiger partial charge in [0.25, 0.3) is 0 Å². The van der Waals surface area contributed by atoms with Crippen LogP contribution in [0, 0.1) is 0 Å². The molecule has 498 valence electrons. The summed E-state index contributed by atoms with van der Waals surface area (Å²) in [7, 11) is 1.58. The minimum absolute atomic E-state index is 0.0625. The molecular weight excluding hydrogens is 1090 g/mol. The molecule has 3 atom stereocenters. The lowest BCUT2D eigenvalue weighted by molar-refractivity contribution is -0.870. The number of carbonyl (C=O) groups is 1. The van der Waals surface area contributed by atoms with E-state index in [0.717, 1.165) is 128 Å². The van der Waals surface area contributed by atoms with Crippen LogP contribution in [0.1, 0.15) is 290 Å². The molecule has 0 aromatic carbocycles. The van der Waals surface area contributed by atoms with Crippen molar-refractivity contribution < 1.29 is 32.9 Å². The van der Waals surface area contributed by atoms with Gasteiger partial charge in [0.1, 0.15) is 13.2 Å². The molecule has 0 fully saturated rings. The van der Waals surface area contributed by atoms with Gasteiger partial charge in [0.05, 0.1) is 39.9 Å². The minimum atomic E-state index is -4.35. The van der Waals surface area contributed by atoms with E-state index in [9.17, 15) is 19.4 Å². The molecule has 0 saturated carbocycles. The predicted molar refractivity (Wildman–Crippen MR) is 382 cm³/mol. The molecule has 0 radical (unpaired) electrons. The Hall–Kier alpha value is -3.62. The number of hydrogen-bond donors (Lipinski definition) is 3. The van der Waals surface area contributed by atoms with Crippen molar-refractivity contribution >= 4 is 13.7 Å². The van der Waals surface area contributed by atoms with Crippen molar-refractivity contribution in [2.24, 2.45) is 0 Å². The third kappa shape index (κ3) is 69.7. The van der Waals surface area contributed by atoms with Crippen LogP contribution in [0.2, 0.25) is 0 Å². The van der Waals surface area contributed by atoms with Crippen molar-refractivity contribution in [2.45, 2.75) is 302 Å². The van der Waals surface area contributed by atoms with Crippen molar-refractivity contribution in [3.05, 3.63) is 146 Å². The molecule has 0 aromatic heterocycles. The summed E-state index contributed by atoms with van der Waals surface area (Å²) >= 11 is 0. The van der Waals surface area contributed by atoms with Crippen LogP contribution >= 0.6 is 7.82 Å². The number of aliphatic hydroxyl groups is 1. The second-order valence-electron chi connectivity index (χ2n) is 24.9. The van der Waals surface area contributed by atoms with Crippen molar-refractivity contribution in [1.82, 2.24) is 5.32 Å². The molecule has 0 heterocycles. The van der Waals surface area contributed by atoms with Crippen LogP contribution in [0.25, 0.3) is 0 Å². The molecule has 0 bridgehead atoms. The number of phosphoric acid groups is 1. The van der Waals surface area contributed by atoms with Gasteiger partial charge in [0, 0.05) is 6.42 Å². The number of amides is 1. The van der Waals surface area contributed by atoms with Crippen molar-refractivity contribution in [2.75, 3.05) is 40.9 Å². The maximum Gasteiger partial charge on any atom is 0.472 e. The maximum absolute atomic E-state index is 13.1. The number of nitrogens with zero attached hydrogens (tertiary/aromatic N) is 1. The van der Waals surface area contributed by atoms with E-state index in [1.54, 1.807) is 0 Å². The molecule has 3 unspecified atom stereocenters. The van der Waals surface area contributed by atoms with Crippen molar-refractivity contribution in [1.29, 1.82) is 0 Å². The van der Waals surface area contributed by atoms with Crippen LogP contribution in [0.4, 0.5) is 0 Å². The first-order valence-electron chi connectivity index (χ1n) is 35.7. The normalized spacial score (nSPS) is 14.5. The molecule has 0 saturated heterocycles. The minimum Gasteiger partial charge on any atom is -0.391 e. The fourth-order valence-electron chi connectivity index (χ4n) is 9.85. The lowest BCUT2D eigenvalue weighted by Gasteiger charge is -2.26. The van der Waals surface area contributed by atoms with E-state index in [1.807, 2.05) is 21.1 Å². The summed E-state index contributed by atoms with van der Waals surface area (Å²) < 4.78 is 23.9. The molecule has 3 N–H and O–H groups in total. The van der Waals surface area contributed by atoms with Crippen molar-refractivity contribution in [3.8, 4) is 0 Å². The fourth-order valence-corrected chi connectivity index (χ4v) is 10.6. The number of quaternary nitrogens is 1. The quantitative estimate of drug-likeness (QED) is 0.0243. The highest BCUT2D eigenvalue weighted by Gasteiger charge is 2.28. The average molecular weight is 1230 g/mol. The van der Waals surface area contributed by atoms with E-state index < -0.39 is 20.0 Å². The van der Waals surface area contributed by atoms with Crippen LogP contribution in [-0.4, -0.2) is 73.4 Å². The van der Waals surface area contributed by atoms with E-state index in [1.165, 1.54) is 135 Å². The Labute approximate surface area is 538 Å².